The van der Waals surface area contributed by atoms with Crippen molar-refractivity contribution in [3.63, 3.8) is 0 Å². The van der Waals surface area contributed by atoms with E-state index < -0.39 is 10.9 Å². The van der Waals surface area contributed by atoms with Gasteiger partial charge < -0.3 is 0 Å². The first-order valence-corrected chi connectivity index (χ1v) is 5.54. The number of rotatable bonds is 3. The largest absolute Gasteiger partial charge is 0.446 e. The summed E-state index contributed by atoms with van der Waals surface area (Å²) in [5, 5.41) is 7.82. The Labute approximate surface area is 100 Å². The van der Waals surface area contributed by atoms with E-state index in [-0.39, 0.29) is 16.7 Å². The minimum absolute atomic E-state index is 0.124. The first-order valence-electron chi connectivity index (χ1n) is 4.29. The maximum atomic E-state index is 12.0. The lowest BCUT2D eigenvalue weighted by atomic mass is 10.1. The van der Waals surface area contributed by atoms with E-state index in [0.29, 0.717) is 6.42 Å². The Kier molecular flexibility index (Phi) is 4.51. The second-order valence-electron chi connectivity index (χ2n) is 2.99. The zero-order chi connectivity index (χ0) is 12.2. The Balaban J connectivity index is 2.65. The lowest BCUT2D eigenvalue weighted by molar-refractivity contribution is -0.0328. The molecule has 0 aliphatic rings. The second-order valence-corrected chi connectivity index (χ2v) is 4.66. The van der Waals surface area contributed by atoms with Crippen LogP contribution in [0.3, 0.4) is 0 Å². The van der Waals surface area contributed by atoms with Gasteiger partial charge in [0.15, 0.2) is 0 Å². The molecule has 1 aromatic carbocycles. The van der Waals surface area contributed by atoms with Crippen LogP contribution in [0, 0.1) is 11.3 Å². The third-order valence-electron chi connectivity index (χ3n) is 1.71. The van der Waals surface area contributed by atoms with Gasteiger partial charge in [0.1, 0.15) is 5.38 Å². The van der Waals surface area contributed by atoms with Crippen molar-refractivity contribution in [3.8, 4) is 6.07 Å². The molecule has 0 radical (unpaired) electrons. The van der Waals surface area contributed by atoms with Crippen LogP contribution in [0.2, 0.25) is 0 Å². The summed E-state index contributed by atoms with van der Waals surface area (Å²) in [4.78, 5) is 0.124. The molecule has 0 bridgehead atoms. The molecular weight excluding hydrogens is 259 g/mol. The number of alkyl halides is 4. The van der Waals surface area contributed by atoms with Crippen LogP contribution >= 0.6 is 23.4 Å². The number of nitriles is 1. The highest BCUT2D eigenvalue weighted by Gasteiger charge is 2.28. The Morgan fingerprint density at radius 1 is 1.31 bits per heavy atom. The van der Waals surface area contributed by atoms with Gasteiger partial charge in [0, 0.05) is 11.3 Å². The number of thioether (sulfide) groups is 1. The Hall–Kier alpha value is -0.860. The Morgan fingerprint density at radius 3 is 2.31 bits per heavy atom. The molecule has 6 heteroatoms. The van der Waals surface area contributed by atoms with Gasteiger partial charge in [-0.3, -0.25) is 0 Å². The lowest BCUT2D eigenvalue weighted by Gasteiger charge is -2.06. The van der Waals surface area contributed by atoms with Gasteiger partial charge in [0.2, 0.25) is 0 Å². The molecule has 0 aliphatic heterocycles. The molecule has 0 aromatic heterocycles. The predicted molar refractivity (Wildman–Crippen MR) is 57.3 cm³/mol. The summed E-state index contributed by atoms with van der Waals surface area (Å²) in [5.41, 5.74) is -3.53. The van der Waals surface area contributed by atoms with Crippen LogP contribution in [0.5, 0.6) is 0 Å². The topological polar surface area (TPSA) is 23.8 Å². The number of benzene rings is 1. The van der Waals surface area contributed by atoms with Crippen LogP contribution in [0.1, 0.15) is 5.56 Å². The zero-order valence-corrected chi connectivity index (χ0v) is 9.53. The first kappa shape index (κ1) is 13.2. The van der Waals surface area contributed by atoms with Crippen molar-refractivity contribution in [2.24, 2.45) is 0 Å². The predicted octanol–water partition coefficient (Wildman–Crippen LogP) is 3.97. The molecule has 1 rings (SSSR count). The molecule has 1 atom stereocenters. The van der Waals surface area contributed by atoms with Crippen molar-refractivity contribution >= 4 is 23.4 Å². The average Bonchev–Trinajstić information content (AvgIpc) is 2.18. The van der Waals surface area contributed by atoms with Gasteiger partial charge in [-0.15, -0.1) is 11.6 Å². The van der Waals surface area contributed by atoms with Crippen molar-refractivity contribution in [1.29, 1.82) is 5.26 Å². The van der Waals surface area contributed by atoms with Crippen LogP contribution in [0.4, 0.5) is 13.2 Å². The van der Waals surface area contributed by atoms with Crippen LogP contribution in [-0.4, -0.2) is 10.9 Å². The summed E-state index contributed by atoms with van der Waals surface area (Å²) in [6.07, 6.45) is 0.328. The molecule has 0 amide bonds. The van der Waals surface area contributed by atoms with E-state index >= 15 is 0 Å². The molecule has 86 valence electrons. The SMILES string of the molecule is N#CC(Cl)Cc1ccc(SC(F)(F)F)cc1. The maximum absolute atomic E-state index is 12.0. The summed E-state index contributed by atoms with van der Waals surface area (Å²) in [6, 6.07) is 7.67. The number of hydrogen-bond donors (Lipinski definition) is 0. The number of nitrogens with zero attached hydrogens (tertiary/aromatic N) is 1. The van der Waals surface area contributed by atoms with Gasteiger partial charge in [-0.1, -0.05) is 12.1 Å². The quantitative estimate of drug-likeness (QED) is 0.610. The molecule has 0 N–H and O–H groups in total. The fourth-order valence-electron chi connectivity index (χ4n) is 1.08. The van der Waals surface area contributed by atoms with E-state index in [4.69, 9.17) is 16.9 Å². The average molecular weight is 266 g/mol. The van der Waals surface area contributed by atoms with Gasteiger partial charge in [-0.25, -0.2) is 0 Å². The fourth-order valence-corrected chi connectivity index (χ4v) is 1.80. The second kappa shape index (κ2) is 5.46. The highest BCUT2D eigenvalue weighted by Crippen LogP contribution is 2.36. The molecular formula is C10H7ClF3NS. The molecule has 0 fully saturated rings. The Bertz CT molecular complexity index is 383. The number of hydrogen-bond acceptors (Lipinski definition) is 2. The highest BCUT2D eigenvalue weighted by atomic mass is 35.5. The molecule has 1 nitrogen and oxygen atoms in total. The smallest absolute Gasteiger partial charge is 0.197 e. The summed E-state index contributed by atoms with van der Waals surface area (Å²) >= 11 is 5.44. The van der Waals surface area contributed by atoms with E-state index in [2.05, 4.69) is 0 Å². The highest BCUT2D eigenvalue weighted by molar-refractivity contribution is 8.00. The van der Waals surface area contributed by atoms with Gasteiger partial charge in [-0.2, -0.15) is 18.4 Å². The minimum Gasteiger partial charge on any atom is -0.197 e. The van der Waals surface area contributed by atoms with Crippen LogP contribution in [0.25, 0.3) is 0 Å². The van der Waals surface area contributed by atoms with Crippen molar-refractivity contribution < 1.29 is 13.2 Å². The van der Waals surface area contributed by atoms with E-state index in [1.165, 1.54) is 12.1 Å². The summed E-state index contributed by atoms with van der Waals surface area (Å²) < 4.78 is 36.0. The molecule has 0 saturated carbocycles. The van der Waals surface area contributed by atoms with Crippen molar-refractivity contribution in [2.45, 2.75) is 22.2 Å². The minimum atomic E-state index is -4.27. The third-order valence-corrected chi connectivity index (χ3v) is 2.70. The summed E-state index contributed by atoms with van der Waals surface area (Å²) in [5.74, 6) is 0. The molecule has 1 aromatic rings. The van der Waals surface area contributed by atoms with Gasteiger partial charge in [0.05, 0.1) is 6.07 Å². The van der Waals surface area contributed by atoms with E-state index in [1.807, 2.05) is 6.07 Å². The molecule has 1 unspecified atom stereocenters. The lowest BCUT2D eigenvalue weighted by Crippen LogP contribution is -2.00. The van der Waals surface area contributed by atoms with E-state index in [1.54, 1.807) is 12.1 Å². The third kappa shape index (κ3) is 4.77. The van der Waals surface area contributed by atoms with Crippen LogP contribution in [0.15, 0.2) is 29.2 Å². The van der Waals surface area contributed by atoms with Crippen molar-refractivity contribution in [3.05, 3.63) is 29.8 Å². The van der Waals surface area contributed by atoms with Crippen molar-refractivity contribution in [2.75, 3.05) is 0 Å². The number of halogens is 4. The summed E-state index contributed by atoms with van der Waals surface area (Å²) in [7, 11) is 0. The first-order chi connectivity index (χ1) is 7.40. The molecule has 0 heterocycles. The van der Waals surface area contributed by atoms with Gasteiger partial charge >= 0.3 is 5.51 Å². The van der Waals surface area contributed by atoms with Crippen molar-refractivity contribution in [1.82, 2.24) is 0 Å². The zero-order valence-electron chi connectivity index (χ0n) is 7.96. The monoisotopic (exact) mass is 265 g/mol. The maximum Gasteiger partial charge on any atom is 0.446 e. The van der Waals surface area contributed by atoms with Crippen LogP contribution in [-0.2, 0) is 6.42 Å². The summed E-state index contributed by atoms with van der Waals surface area (Å²) in [6.45, 7) is 0. The van der Waals surface area contributed by atoms with Gasteiger partial charge in [-0.05, 0) is 29.5 Å². The van der Waals surface area contributed by atoms with Crippen LogP contribution < -0.4 is 0 Å². The molecule has 0 saturated heterocycles. The molecule has 16 heavy (non-hydrogen) atoms. The van der Waals surface area contributed by atoms with E-state index in [9.17, 15) is 13.2 Å². The van der Waals surface area contributed by atoms with E-state index in [0.717, 1.165) is 5.56 Å². The molecule has 0 spiro atoms. The fraction of sp³-hybridized carbons (Fsp3) is 0.300. The molecule has 0 aliphatic carbocycles. The Morgan fingerprint density at radius 2 is 1.88 bits per heavy atom. The van der Waals surface area contributed by atoms with Gasteiger partial charge in [0.25, 0.3) is 0 Å². The normalized spacial score (nSPS) is 13.2. The standard InChI is InChI=1S/C10H7ClF3NS/c11-8(6-15)5-7-1-3-9(4-2-7)16-10(12,13)14/h1-4,8H,5H2.